The number of carbonyl (C=O) groups is 1. The Labute approximate surface area is 187 Å². The van der Waals surface area contributed by atoms with E-state index in [9.17, 15) is 13.6 Å². The summed E-state index contributed by atoms with van der Waals surface area (Å²) in [5.74, 6) is 2.09. The number of carbonyl (C=O) groups excluding carboxylic acids is 1. The van der Waals surface area contributed by atoms with E-state index in [0.29, 0.717) is 42.0 Å². The van der Waals surface area contributed by atoms with Crippen molar-refractivity contribution in [1.29, 1.82) is 0 Å². The summed E-state index contributed by atoms with van der Waals surface area (Å²) in [6.45, 7) is -0.389. The quantitative estimate of drug-likeness (QED) is 0.440. The van der Waals surface area contributed by atoms with Gasteiger partial charge in [-0.2, -0.15) is 8.78 Å². The van der Waals surface area contributed by atoms with E-state index in [1.165, 1.54) is 12.1 Å². The zero-order chi connectivity index (χ0) is 22.9. The fraction of sp³-hybridized carbons (Fsp3) is 0.217. The van der Waals surface area contributed by atoms with E-state index < -0.39 is 6.61 Å². The molecule has 0 saturated heterocycles. The number of benzene rings is 2. The number of nitrogens with zero attached hydrogens (tertiary/aromatic N) is 5. The molecule has 4 aromatic rings. The Morgan fingerprint density at radius 1 is 1.06 bits per heavy atom. The first-order valence-corrected chi connectivity index (χ1v) is 10.2. The van der Waals surface area contributed by atoms with Gasteiger partial charge in [0.05, 0.1) is 13.1 Å². The van der Waals surface area contributed by atoms with E-state index in [1.54, 1.807) is 28.6 Å². The molecule has 2 aromatic heterocycles. The summed E-state index contributed by atoms with van der Waals surface area (Å²) in [6.07, 6.45) is 0. The van der Waals surface area contributed by atoms with Crippen LogP contribution in [0.25, 0.3) is 22.8 Å². The van der Waals surface area contributed by atoms with Gasteiger partial charge in [-0.05, 0) is 24.3 Å². The average molecular weight is 451 g/mol. The molecule has 0 aliphatic carbocycles. The number of rotatable bonds is 6. The lowest BCUT2D eigenvalue weighted by Gasteiger charge is -2.15. The molecule has 3 heterocycles. The van der Waals surface area contributed by atoms with Gasteiger partial charge in [-0.3, -0.25) is 4.79 Å². The van der Waals surface area contributed by atoms with Gasteiger partial charge in [-0.25, -0.2) is 14.6 Å². The van der Waals surface area contributed by atoms with Crippen LogP contribution in [-0.2, 0) is 24.4 Å². The molecular weight excluding hydrogens is 432 g/mol. The third-order valence-corrected chi connectivity index (χ3v) is 5.24. The van der Waals surface area contributed by atoms with Crippen LogP contribution in [0, 0.1) is 6.92 Å². The second-order valence-corrected chi connectivity index (χ2v) is 7.54. The van der Waals surface area contributed by atoms with Gasteiger partial charge in [-0.1, -0.05) is 30.3 Å². The van der Waals surface area contributed by atoms with Crippen molar-refractivity contribution < 1.29 is 22.7 Å². The number of hydrogen-bond acceptors (Lipinski definition) is 6. The molecule has 1 aliphatic heterocycles. The van der Waals surface area contributed by atoms with Gasteiger partial charge in [0.2, 0.25) is 5.91 Å². The van der Waals surface area contributed by atoms with Crippen LogP contribution in [0.3, 0.4) is 0 Å². The summed E-state index contributed by atoms with van der Waals surface area (Å²) in [5, 5.41) is 4.54. The number of oxazole rings is 1. The van der Waals surface area contributed by atoms with Crippen LogP contribution >= 0.6 is 0 Å². The van der Waals surface area contributed by atoms with Crippen LogP contribution in [0.4, 0.5) is 8.78 Å². The van der Waals surface area contributed by atoms with Crippen molar-refractivity contribution in [2.75, 3.05) is 0 Å². The topological polar surface area (TPSA) is 86.3 Å². The maximum Gasteiger partial charge on any atom is 0.387 e. The van der Waals surface area contributed by atoms with Crippen molar-refractivity contribution in [1.82, 2.24) is 24.6 Å². The Morgan fingerprint density at radius 2 is 1.82 bits per heavy atom. The molecule has 0 fully saturated rings. The number of aromatic nitrogens is 4. The van der Waals surface area contributed by atoms with Gasteiger partial charge in [0, 0.05) is 18.1 Å². The van der Waals surface area contributed by atoms with Crippen LogP contribution in [0.5, 0.6) is 5.75 Å². The maximum absolute atomic E-state index is 13.0. The largest absolute Gasteiger partial charge is 0.444 e. The molecule has 0 saturated carbocycles. The second kappa shape index (κ2) is 8.45. The van der Waals surface area contributed by atoms with Gasteiger partial charge in [0.15, 0.2) is 17.5 Å². The summed E-state index contributed by atoms with van der Waals surface area (Å²) in [7, 11) is 0. The second-order valence-electron chi connectivity index (χ2n) is 7.54. The van der Waals surface area contributed by atoms with Crippen LogP contribution in [-0.4, -0.2) is 37.2 Å². The Balaban J connectivity index is 1.42. The molecule has 5 rings (SSSR count). The highest BCUT2D eigenvalue weighted by molar-refractivity contribution is 5.77. The minimum Gasteiger partial charge on any atom is -0.444 e. The number of amides is 1. The molecular formula is C23H19F2N5O3. The summed E-state index contributed by atoms with van der Waals surface area (Å²) >= 11 is 0. The molecule has 0 N–H and O–H groups in total. The Morgan fingerprint density at radius 3 is 2.52 bits per heavy atom. The van der Waals surface area contributed by atoms with E-state index in [2.05, 4.69) is 19.8 Å². The number of fused-ring (bicyclic) bond motifs is 1. The Bertz CT molecular complexity index is 1260. The molecule has 2 aromatic carbocycles. The number of hydrogen-bond donors (Lipinski definition) is 0. The molecule has 0 bridgehead atoms. The number of halogens is 2. The van der Waals surface area contributed by atoms with Crippen molar-refractivity contribution in [3.05, 3.63) is 71.9 Å². The molecule has 0 radical (unpaired) electrons. The molecule has 1 aliphatic rings. The molecule has 33 heavy (non-hydrogen) atoms. The lowest BCUT2D eigenvalue weighted by Crippen LogP contribution is -2.30. The summed E-state index contributed by atoms with van der Waals surface area (Å²) in [6, 6.07) is 15.4. The molecule has 8 nitrogen and oxygen atoms in total. The molecule has 10 heteroatoms. The molecule has 168 valence electrons. The smallest absolute Gasteiger partial charge is 0.387 e. The SMILES string of the molecule is Cc1nc2c(o1)CN(C(=O)Cn1nc(-c3ccc(OC(F)F)cc3)nc1-c1ccccc1)C2. The molecule has 0 atom stereocenters. The summed E-state index contributed by atoms with van der Waals surface area (Å²) in [4.78, 5) is 23.6. The zero-order valence-electron chi connectivity index (χ0n) is 17.6. The third-order valence-electron chi connectivity index (χ3n) is 5.24. The van der Waals surface area contributed by atoms with Crippen molar-refractivity contribution in [3.8, 4) is 28.5 Å². The maximum atomic E-state index is 13.0. The van der Waals surface area contributed by atoms with Crippen molar-refractivity contribution >= 4 is 5.91 Å². The predicted molar refractivity (Wildman–Crippen MR) is 113 cm³/mol. The van der Waals surface area contributed by atoms with Gasteiger partial charge >= 0.3 is 6.61 Å². The van der Waals surface area contributed by atoms with Gasteiger partial charge < -0.3 is 14.1 Å². The van der Waals surface area contributed by atoms with Gasteiger partial charge in [0.1, 0.15) is 23.7 Å². The first-order valence-electron chi connectivity index (χ1n) is 10.2. The molecule has 0 spiro atoms. The zero-order valence-corrected chi connectivity index (χ0v) is 17.6. The highest BCUT2D eigenvalue weighted by Gasteiger charge is 2.29. The highest BCUT2D eigenvalue weighted by atomic mass is 19.3. The third kappa shape index (κ3) is 4.32. The Kier molecular flexibility index (Phi) is 5.33. The fourth-order valence-corrected chi connectivity index (χ4v) is 3.73. The molecule has 0 unspecified atom stereocenters. The van der Waals surface area contributed by atoms with E-state index in [4.69, 9.17) is 4.42 Å². The van der Waals surface area contributed by atoms with E-state index >= 15 is 0 Å². The summed E-state index contributed by atoms with van der Waals surface area (Å²) in [5.41, 5.74) is 2.18. The number of aryl methyl sites for hydroxylation is 1. The van der Waals surface area contributed by atoms with Gasteiger partial charge in [0.25, 0.3) is 0 Å². The van der Waals surface area contributed by atoms with E-state index in [1.807, 2.05) is 30.3 Å². The van der Waals surface area contributed by atoms with Crippen molar-refractivity contribution in [2.45, 2.75) is 33.2 Å². The highest BCUT2D eigenvalue weighted by Crippen LogP contribution is 2.26. The van der Waals surface area contributed by atoms with Crippen molar-refractivity contribution in [3.63, 3.8) is 0 Å². The monoisotopic (exact) mass is 451 g/mol. The standard InChI is InChI=1S/C23H19F2N5O3/c1-14-26-18-11-29(12-19(18)32-14)20(31)13-30-22(16-5-3-2-4-6-16)27-21(28-30)15-7-9-17(10-8-15)33-23(24)25/h2-10,23H,11-13H2,1H3. The number of alkyl halides is 2. The Hall–Kier alpha value is -4.08. The predicted octanol–water partition coefficient (Wildman–Crippen LogP) is 4.05. The van der Waals surface area contributed by atoms with Crippen LogP contribution in [0.2, 0.25) is 0 Å². The van der Waals surface area contributed by atoms with E-state index in [0.717, 1.165) is 11.3 Å². The van der Waals surface area contributed by atoms with Gasteiger partial charge in [-0.15, -0.1) is 5.10 Å². The first kappa shape index (κ1) is 20.8. The van der Waals surface area contributed by atoms with Crippen LogP contribution < -0.4 is 4.74 Å². The molecule has 1 amide bonds. The van der Waals surface area contributed by atoms with Crippen LogP contribution in [0.1, 0.15) is 17.3 Å². The minimum absolute atomic E-state index is 0.0208. The van der Waals surface area contributed by atoms with Crippen molar-refractivity contribution in [2.24, 2.45) is 0 Å². The van der Waals surface area contributed by atoms with E-state index in [-0.39, 0.29) is 18.2 Å². The fourth-order valence-electron chi connectivity index (χ4n) is 3.73. The lowest BCUT2D eigenvalue weighted by atomic mass is 10.2. The first-order chi connectivity index (χ1) is 16.0. The normalized spacial score (nSPS) is 12.9. The van der Waals surface area contributed by atoms with Crippen LogP contribution in [0.15, 0.2) is 59.0 Å². The number of ether oxygens (including phenoxy) is 1. The average Bonchev–Trinajstić information content (AvgIpc) is 3.47. The summed E-state index contributed by atoms with van der Waals surface area (Å²) < 4.78 is 36.4. The minimum atomic E-state index is -2.90. The lowest BCUT2D eigenvalue weighted by molar-refractivity contribution is -0.132.